The second-order valence-electron chi connectivity index (χ2n) is 2.01. The van der Waals surface area contributed by atoms with Gasteiger partial charge >= 0.3 is 5.97 Å². The van der Waals surface area contributed by atoms with Gasteiger partial charge in [0.05, 0.1) is 5.56 Å². The van der Waals surface area contributed by atoms with E-state index in [9.17, 15) is 4.79 Å². The molecular weight excluding hydrogens is 176 g/mol. The SMILES string of the molecule is N#Cc1c(C(=O)O)cc[nH]c1=S. The van der Waals surface area contributed by atoms with Crippen LogP contribution in [0.1, 0.15) is 15.9 Å². The van der Waals surface area contributed by atoms with Crippen molar-refractivity contribution in [1.29, 1.82) is 5.26 Å². The maximum atomic E-state index is 10.5. The number of carboxylic acid groups (broad SMARTS) is 1. The number of carbonyl (C=O) groups is 1. The third kappa shape index (κ3) is 1.33. The standard InChI is InChI=1S/C7H4N2O2S/c8-3-5-4(7(10)11)1-2-9-6(5)12/h1-2H,(H,9,12)(H,10,11). The molecule has 0 unspecified atom stereocenters. The van der Waals surface area contributed by atoms with Crippen molar-refractivity contribution in [2.24, 2.45) is 0 Å². The third-order valence-corrected chi connectivity index (χ3v) is 1.63. The van der Waals surface area contributed by atoms with Crippen molar-refractivity contribution < 1.29 is 9.90 Å². The molecule has 4 nitrogen and oxygen atoms in total. The lowest BCUT2D eigenvalue weighted by Gasteiger charge is -1.95. The lowest BCUT2D eigenvalue weighted by molar-refractivity contribution is 0.0696. The van der Waals surface area contributed by atoms with E-state index < -0.39 is 5.97 Å². The van der Waals surface area contributed by atoms with Crippen molar-refractivity contribution in [2.75, 3.05) is 0 Å². The topological polar surface area (TPSA) is 76.9 Å². The molecule has 0 aliphatic carbocycles. The molecule has 0 aliphatic heterocycles. The van der Waals surface area contributed by atoms with Crippen LogP contribution in [0.2, 0.25) is 0 Å². The van der Waals surface area contributed by atoms with Gasteiger partial charge in [-0.15, -0.1) is 0 Å². The van der Waals surface area contributed by atoms with Crippen LogP contribution in [-0.4, -0.2) is 16.1 Å². The molecule has 1 rings (SSSR count). The Labute approximate surface area is 73.1 Å². The van der Waals surface area contributed by atoms with Gasteiger partial charge in [-0.3, -0.25) is 0 Å². The Morgan fingerprint density at radius 3 is 2.83 bits per heavy atom. The van der Waals surface area contributed by atoms with Crippen LogP contribution in [0.4, 0.5) is 0 Å². The Bertz CT molecular complexity index is 416. The highest BCUT2D eigenvalue weighted by Gasteiger charge is 2.09. The lowest BCUT2D eigenvalue weighted by atomic mass is 10.1. The summed E-state index contributed by atoms with van der Waals surface area (Å²) in [5, 5.41) is 17.2. The summed E-state index contributed by atoms with van der Waals surface area (Å²) in [6.07, 6.45) is 1.40. The second kappa shape index (κ2) is 3.15. The highest BCUT2D eigenvalue weighted by atomic mass is 32.1. The molecule has 1 aromatic heterocycles. The van der Waals surface area contributed by atoms with Crippen LogP contribution in [0.25, 0.3) is 0 Å². The van der Waals surface area contributed by atoms with E-state index in [0.29, 0.717) is 0 Å². The number of nitrogens with zero attached hydrogens (tertiary/aromatic N) is 1. The molecule has 0 saturated heterocycles. The molecule has 0 atom stereocenters. The van der Waals surface area contributed by atoms with E-state index in [1.54, 1.807) is 6.07 Å². The molecule has 0 fully saturated rings. The minimum Gasteiger partial charge on any atom is -0.478 e. The Kier molecular flexibility index (Phi) is 2.21. The van der Waals surface area contributed by atoms with Crippen LogP contribution in [0.5, 0.6) is 0 Å². The molecule has 12 heavy (non-hydrogen) atoms. The molecule has 60 valence electrons. The number of nitrogens with one attached hydrogen (secondary N) is 1. The first-order valence-electron chi connectivity index (χ1n) is 3.02. The quantitative estimate of drug-likeness (QED) is 0.639. The van der Waals surface area contributed by atoms with Gasteiger partial charge in [0.2, 0.25) is 0 Å². The molecule has 0 aliphatic rings. The number of aromatic carboxylic acids is 1. The van der Waals surface area contributed by atoms with Gasteiger partial charge in [0, 0.05) is 6.20 Å². The van der Waals surface area contributed by atoms with E-state index in [4.69, 9.17) is 22.6 Å². The van der Waals surface area contributed by atoms with Crippen LogP contribution in [0.15, 0.2) is 12.3 Å². The number of aromatic nitrogens is 1. The van der Waals surface area contributed by atoms with Crippen molar-refractivity contribution in [1.82, 2.24) is 4.98 Å². The molecule has 0 spiro atoms. The van der Waals surface area contributed by atoms with Gasteiger partial charge in [0.1, 0.15) is 16.3 Å². The summed E-state index contributed by atoms with van der Waals surface area (Å²) in [6, 6.07) is 3.03. The molecule has 0 bridgehead atoms. The molecule has 0 aromatic carbocycles. The number of hydrogen-bond donors (Lipinski definition) is 2. The van der Waals surface area contributed by atoms with E-state index in [0.717, 1.165) is 0 Å². The van der Waals surface area contributed by atoms with Gasteiger partial charge in [0.15, 0.2) is 0 Å². The molecule has 2 N–H and O–H groups in total. The van der Waals surface area contributed by atoms with Crippen LogP contribution < -0.4 is 0 Å². The Balaban J connectivity index is 3.51. The van der Waals surface area contributed by atoms with Gasteiger partial charge in [-0.05, 0) is 6.07 Å². The summed E-state index contributed by atoms with van der Waals surface area (Å²) < 4.78 is 0.150. The number of nitriles is 1. The first kappa shape index (κ1) is 8.43. The lowest BCUT2D eigenvalue weighted by Crippen LogP contribution is -2.01. The fraction of sp³-hybridized carbons (Fsp3) is 0. The summed E-state index contributed by atoms with van der Waals surface area (Å²) in [6.45, 7) is 0. The van der Waals surface area contributed by atoms with Crippen LogP contribution in [0, 0.1) is 16.0 Å². The number of pyridine rings is 1. The number of hydrogen-bond acceptors (Lipinski definition) is 3. The van der Waals surface area contributed by atoms with Gasteiger partial charge in [0.25, 0.3) is 0 Å². The number of H-pyrrole nitrogens is 1. The van der Waals surface area contributed by atoms with E-state index >= 15 is 0 Å². The zero-order valence-electron chi connectivity index (χ0n) is 5.87. The number of aromatic amines is 1. The van der Waals surface area contributed by atoms with Crippen LogP contribution >= 0.6 is 12.2 Å². The van der Waals surface area contributed by atoms with Crippen molar-refractivity contribution in [2.45, 2.75) is 0 Å². The normalized spacial score (nSPS) is 8.92. The van der Waals surface area contributed by atoms with Crippen molar-refractivity contribution in [3.63, 3.8) is 0 Å². The molecule has 1 heterocycles. The van der Waals surface area contributed by atoms with E-state index in [1.165, 1.54) is 12.3 Å². The van der Waals surface area contributed by atoms with Gasteiger partial charge < -0.3 is 10.1 Å². The largest absolute Gasteiger partial charge is 0.478 e. The van der Waals surface area contributed by atoms with Crippen LogP contribution in [0.3, 0.4) is 0 Å². The Morgan fingerprint density at radius 2 is 2.42 bits per heavy atom. The van der Waals surface area contributed by atoms with E-state index in [-0.39, 0.29) is 15.8 Å². The summed E-state index contributed by atoms with van der Waals surface area (Å²) in [5.74, 6) is -1.15. The minimum atomic E-state index is -1.15. The summed E-state index contributed by atoms with van der Waals surface area (Å²) in [4.78, 5) is 13.1. The van der Waals surface area contributed by atoms with Gasteiger partial charge in [-0.25, -0.2) is 4.79 Å². The molecule has 1 aromatic rings. The first-order chi connectivity index (χ1) is 5.66. The Morgan fingerprint density at radius 1 is 1.75 bits per heavy atom. The predicted molar refractivity (Wildman–Crippen MR) is 43.3 cm³/mol. The summed E-state index contributed by atoms with van der Waals surface area (Å²) in [7, 11) is 0. The maximum absolute atomic E-state index is 10.5. The third-order valence-electron chi connectivity index (χ3n) is 1.30. The zero-order chi connectivity index (χ0) is 9.14. The van der Waals surface area contributed by atoms with E-state index in [2.05, 4.69) is 4.98 Å². The fourth-order valence-corrected chi connectivity index (χ4v) is 0.991. The molecular formula is C7H4N2O2S. The average Bonchev–Trinajstić information content (AvgIpc) is 2.03. The van der Waals surface area contributed by atoms with Crippen LogP contribution in [-0.2, 0) is 0 Å². The maximum Gasteiger partial charge on any atom is 0.337 e. The fourth-order valence-electron chi connectivity index (χ4n) is 0.768. The van der Waals surface area contributed by atoms with Gasteiger partial charge in [-0.2, -0.15) is 5.26 Å². The highest BCUT2D eigenvalue weighted by Crippen LogP contribution is 2.06. The summed E-state index contributed by atoms with van der Waals surface area (Å²) in [5.41, 5.74) is -0.0683. The second-order valence-corrected chi connectivity index (χ2v) is 2.42. The van der Waals surface area contributed by atoms with Crippen molar-refractivity contribution in [3.8, 4) is 6.07 Å². The summed E-state index contributed by atoms with van der Waals surface area (Å²) >= 11 is 4.72. The molecule has 0 radical (unpaired) electrons. The molecule has 5 heteroatoms. The average molecular weight is 180 g/mol. The Hall–Kier alpha value is -1.67. The van der Waals surface area contributed by atoms with Crippen molar-refractivity contribution in [3.05, 3.63) is 28.0 Å². The number of carboxylic acids is 1. The minimum absolute atomic E-state index is 0.000000000000000222. The van der Waals surface area contributed by atoms with E-state index in [1.807, 2.05) is 0 Å². The molecule has 0 saturated carbocycles. The van der Waals surface area contributed by atoms with Crippen molar-refractivity contribution >= 4 is 18.2 Å². The monoisotopic (exact) mass is 180 g/mol. The zero-order valence-corrected chi connectivity index (χ0v) is 6.68. The predicted octanol–water partition coefficient (Wildman–Crippen LogP) is 1.31. The molecule has 0 amide bonds. The number of rotatable bonds is 1. The first-order valence-corrected chi connectivity index (χ1v) is 3.42. The smallest absolute Gasteiger partial charge is 0.337 e. The highest BCUT2D eigenvalue weighted by molar-refractivity contribution is 7.71. The van der Waals surface area contributed by atoms with Gasteiger partial charge in [-0.1, -0.05) is 12.2 Å².